The topological polar surface area (TPSA) is 160 Å². The van der Waals surface area contributed by atoms with Gasteiger partial charge in [0.25, 0.3) is 21.8 Å². The number of nitrogen functional groups attached to an aromatic ring is 1. The van der Waals surface area contributed by atoms with Crippen LogP contribution in [0.25, 0.3) is 10.9 Å². The number of amides is 3. The Hall–Kier alpha value is -5.42. The second-order valence-electron chi connectivity index (χ2n) is 11.7. The predicted octanol–water partition coefficient (Wildman–Crippen LogP) is 4.36. The highest BCUT2D eigenvalue weighted by atomic mass is 32.2. The number of sulfonamides is 1. The summed E-state index contributed by atoms with van der Waals surface area (Å²) in [6.07, 6.45) is 1.41. The van der Waals surface area contributed by atoms with E-state index >= 15 is 0 Å². The van der Waals surface area contributed by atoms with Gasteiger partial charge in [-0.3, -0.25) is 14.4 Å². The first kappa shape index (κ1) is 33.0. The lowest BCUT2D eigenvalue weighted by Crippen LogP contribution is -2.58. The van der Waals surface area contributed by atoms with Crippen LogP contribution >= 0.6 is 0 Å². The van der Waals surface area contributed by atoms with E-state index in [1.54, 1.807) is 48.7 Å². The number of nitrogens with zero attached hydrogens (tertiary/aromatic N) is 2. The number of nitrogens with two attached hydrogens (primary N) is 2. The first-order valence-electron chi connectivity index (χ1n) is 15.0. The van der Waals surface area contributed by atoms with E-state index in [9.17, 15) is 22.8 Å². The van der Waals surface area contributed by atoms with E-state index in [1.807, 2.05) is 44.2 Å². The molecule has 0 bridgehead atoms. The lowest BCUT2D eigenvalue weighted by Gasteiger charge is -2.35. The molecule has 5 aromatic rings. The highest BCUT2D eigenvalue weighted by molar-refractivity contribution is 7.89. The van der Waals surface area contributed by atoms with Gasteiger partial charge in [0, 0.05) is 48.2 Å². The summed E-state index contributed by atoms with van der Waals surface area (Å²) in [4.78, 5) is 46.3. The highest BCUT2D eigenvalue weighted by Gasteiger charge is 2.44. The van der Waals surface area contributed by atoms with Crippen LogP contribution in [0.1, 0.15) is 32.6 Å². The van der Waals surface area contributed by atoms with Crippen molar-refractivity contribution in [3.63, 3.8) is 0 Å². The number of anilines is 1. The van der Waals surface area contributed by atoms with Crippen LogP contribution in [0, 0.1) is 13.8 Å². The monoisotopic (exact) mass is 651 g/mol. The molecule has 4 aromatic carbocycles. The van der Waals surface area contributed by atoms with Gasteiger partial charge in [0.15, 0.2) is 0 Å². The summed E-state index contributed by atoms with van der Waals surface area (Å²) in [6.45, 7) is 3.72. The third-order valence-electron chi connectivity index (χ3n) is 8.17. The summed E-state index contributed by atoms with van der Waals surface area (Å²) in [5.74, 6) is -2.48. The summed E-state index contributed by atoms with van der Waals surface area (Å²) >= 11 is 0. The molecule has 0 aliphatic heterocycles. The normalized spacial score (nSPS) is 12.7. The van der Waals surface area contributed by atoms with Gasteiger partial charge < -0.3 is 21.4 Å². The molecule has 0 radical (unpaired) electrons. The van der Waals surface area contributed by atoms with E-state index in [0.29, 0.717) is 26.7 Å². The molecule has 0 spiro atoms. The van der Waals surface area contributed by atoms with Crippen LogP contribution in [0.3, 0.4) is 0 Å². The minimum absolute atomic E-state index is 0.0640. The summed E-state index contributed by atoms with van der Waals surface area (Å²) in [5, 5.41) is 0.754. The molecule has 0 fully saturated rings. The first-order valence-corrected chi connectivity index (χ1v) is 16.5. The maximum absolute atomic E-state index is 14.9. The summed E-state index contributed by atoms with van der Waals surface area (Å²) in [6, 6.07) is 23.8. The zero-order valence-corrected chi connectivity index (χ0v) is 27.2. The van der Waals surface area contributed by atoms with Crippen molar-refractivity contribution in [3.05, 3.63) is 131 Å². The maximum Gasteiger partial charge on any atom is 0.267 e. The fraction of sp³-hybridized carbons (Fsp3) is 0.194. The van der Waals surface area contributed by atoms with Crippen molar-refractivity contribution in [2.45, 2.75) is 43.7 Å². The molecule has 2 atom stereocenters. The molecule has 1 heterocycles. The summed E-state index contributed by atoms with van der Waals surface area (Å²) in [7, 11) is -3.22. The van der Waals surface area contributed by atoms with Crippen molar-refractivity contribution in [3.8, 4) is 0 Å². The van der Waals surface area contributed by atoms with Crippen molar-refractivity contribution < 1.29 is 22.8 Å². The van der Waals surface area contributed by atoms with Crippen LogP contribution in [0.2, 0.25) is 0 Å². The maximum atomic E-state index is 14.9. The molecule has 0 saturated heterocycles. The Kier molecular flexibility index (Phi) is 9.48. The van der Waals surface area contributed by atoms with E-state index in [-0.39, 0.29) is 17.7 Å². The highest BCUT2D eigenvalue weighted by Crippen LogP contribution is 2.27. The molecular weight excluding hydrogens is 614 g/mol. The van der Waals surface area contributed by atoms with E-state index in [1.165, 1.54) is 36.2 Å². The summed E-state index contributed by atoms with van der Waals surface area (Å²) < 4.78 is 29.4. The zero-order valence-electron chi connectivity index (χ0n) is 26.4. The summed E-state index contributed by atoms with van der Waals surface area (Å²) in [5.41, 5.74) is 16.4. The zero-order chi connectivity index (χ0) is 33.9. The van der Waals surface area contributed by atoms with Gasteiger partial charge in [-0.2, -0.15) is 0 Å². The average Bonchev–Trinajstić information content (AvgIpc) is 3.46. The molecule has 5 N–H and O–H groups in total. The van der Waals surface area contributed by atoms with E-state index in [0.717, 1.165) is 22.0 Å². The van der Waals surface area contributed by atoms with Crippen molar-refractivity contribution >= 4 is 44.3 Å². The smallest absolute Gasteiger partial charge is 0.267 e. The molecule has 5 rings (SSSR count). The molecule has 0 saturated carbocycles. The molecule has 3 amide bonds. The van der Waals surface area contributed by atoms with Crippen LogP contribution in [0.5, 0.6) is 0 Å². The van der Waals surface area contributed by atoms with Gasteiger partial charge in [-0.25, -0.2) is 12.7 Å². The number of hydrogen-bond acceptors (Lipinski definition) is 6. The Labute approximate surface area is 274 Å². The fourth-order valence-corrected chi connectivity index (χ4v) is 7.41. The number of benzene rings is 4. The van der Waals surface area contributed by atoms with Crippen LogP contribution in [0.15, 0.2) is 108 Å². The fourth-order valence-electron chi connectivity index (χ4n) is 5.81. The third kappa shape index (κ3) is 7.05. The number of para-hydroxylation sites is 1. The predicted molar refractivity (Wildman–Crippen MR) is 182 cm³/mol. The van der Waals surface area contributed by atoms with Crippen LogP contribution in [0.4, 0.5) is 5.69 Å². The van der Waals surface area contributed by atoms with Gasteiger partial charge in [0.2, 0.25) is 5.91 Å². The Morgan fingerprint density at radius 1 is 0.809 bits per heavy atom. The number of aromatic nitrogens is 1. The van der Waals surface area contributed by atoms with Gasteiger partial charge in [0.05, 0.1) is 4.90 Å². The van der Waals surface area contributed by atoms with Crippen LogP contribution in [-0.4, -0.2) is 59.5 Å². The second-order valence-corrected chi connectivity index (χ2v) is 13.5. The number of aryl methyl sites for hydroxylation is 2. The van der Waals surface area contributed by atoms with E-state index in [4.69, 9.17) is 11.5 Å². The number of H-pyrrole nitrogens is 1. The lowest BCUT2D eigenvalue weighted by atomic mass is 10.00. The Balaban J connectivity index is 1.66. The minimum atomic E-state index is -4.67. The van der Waals surface area contributed by atoms with Crippen LogP contribution in [-0.2, 0) is 32.5 Å². The molecule has 10 nitrogen and oxygen atoms in total. The molecule has 1 aromatic heterocycles. The Morgan fingerprint density at radius 3 is 2.06 bits per heavy atom. The van der Waals surface area contributed by atoms with E-state index < -0.39 is 39.8 Å². The number of primary amides is 1. The Bertz CT molecular complexity index is 2020. The first-order chi connectivity index (χ1) is 22.4. The van der Waals surface area contributed by atoms with E-state index in [2.05, 4.69) is 4.98 Å². The number of hydrogen-bond donors (Lipinski definition) is 3. The van der Waals surface area contributed by atoms with Gasteiger partial charge in [0.1, 0.15) is 12.1 Å². The number of likely N-dealkylation sites (N-methyl/N-ethyl adjacent to an activating group) is 1. The van der Waals surface area contributed by atoms with Gasteiger partial charge in [-0.15, -0.1) is 0 Å². The number of carbonyl (C=O) groups is 3. The molecule has 47 heavy (non-hydrogen) atoms. The van der Waals surface area contributed by atoms with Crippen molar-refractivity contribution in [2.24, 2.45) is 5.73 Å². The largest absolute Gasteiger partial charge is 0.399 e. The number of nitrogens with one attached hydrogen (secondary N) is 1. The van der Waals surface area contributed by atoms with Gasteiger partial charge in [-0.1, -0.05) is 65.7 Å². The van der Waals surface area contributed by atoms with Crippen molar-refractivity contribution in [1.82, 2.24) is 14.2 Å². The molecular formula is C36H37N5O5S. The van der Waals surface area contributed by atoms with Gasteiger partial charge in [-0.05, 0) is 67.4 Å². The molecule has 0 aliphatic carbocycles. The molecule has 11 heteroatoms. The number of rotatable bonds is 11. The van der Waals surface area contributed by atoms with Crippen molar-refractivity contribution in [1.29, 1.82) is 0 Å². The second kappa shape index (κ2) is 13.5. The minimum Gasteiger partial charge on any atom is -0.399 e. The average molecular weight is 652 g/mol. The number of carbonyl (C=O) groups excluding carboxylic acids is 3. The Morgan fingerprint density at radius 2 is 1.43 bits per heavy atom. The van der Waals surface area contributed by atoms with Crippen LogP contribution < -0.4 is 11.5 Å². The number of aromatic amines is 1. The van der Waals surface area contributed by atoms with Gasteiger partial charge >= 0.3 is 0 Å². The molecule has 0 aliphatic rings. The quantitative estimate of drug-likeness (QED) is 0.180. The third-order valence-corrected chi connectivity index (χ3v) is 9.99. The van der Waals surface area contributed by atoms with Crippen molar-refractivity contribution in [2.75, 3.05) is 12.8 Å². The molecule has 242 valence electrons. The number of fused-ring (bicyclic) bond motifs is 1. The standard InChI is InChI=1S/C36H37N5O5S/c1-23-17-24(2)19-26(18-23)35(43)40(3)33(20-25-13-15-28(37)16-14-25)36(44)41(47(45,46)29-9-5-4-6-10-29)32(34(38)42)21-27-22-39-31-12-8-7-11-30(27)31/h4-19,22,32-33,39H,20-21,37H2,1-3H3,(H2,38,42)/t32-,33-/m0/s1. The molecule has 0 unspecified atom stereocenters. The lowest BCUT2D eigenvalue weighted by molar-refractivity contribution is -0.137. The SMILES string of the molecule is Cc1cc(C)cc(C(=O)N(C)[C@@H](Cc2ccc(N)cc2)C(=O)N([C@@H](Cc2c[nH]c3ccccc23)C(N)=O)S(=O)(=O)c2ccccc2)c1.